The van der Waals surface area contributed by atoms with Crippen molar-refractivity contribution >= 4 is 17.4 Å². The smallest absolute Gasteiger partial charge is 0.270 e. The molecule has 0 spiro atoms. The lowest BCUT2D eigenvalue weighted by atomic mass is 10.1. The minimum absolute atomic E-state index is 0.247. The van der Waals surface area contributed by atoms with Crippen LogP contribution in [0.5, 0.6) is 0 Å². The summed E-state index contributed by atoms with van der Waals surface area (Å²) in [6, 6.07) is 11.6. The number of nitrogens with one attached hydrogen (secondary N) is 2. The van der Waals surface area contributed by atoms with Crippen LogP contribution in [0.15, 0.2) is 48.8 Å². The van der Waals surface area contributed by atoms with Gasteiger partial charge in [0.1, 0.15) is 17.3 Å². The van der Waals surface area contributed by atoms with Crippen molar-refractivity contribution in [1.82, 2.24) is 20.3 Å². The van der Waals surface area contributed by atoms with Crippen molar-refractivity contribution in [2.24, 2.45) is 0 Å². The maximum absolute atomic E-state index is 12.4. The van der Waals surface area contributed by atoms with Crippen LogP contribution in [-0.4, -0.2) is 20.9 Å². The Hall–Kier alpha value is -3.28. The molecule has 0 radical (unpaired) electrons. The first kappa shape index (κ1) is 17.5. The lowest BCUT2D eigenvalue weighted by molar-refractivity contribution is 0.0945. The highest BCUT2D eigenvalue weighted by atomic mass is 16.1. The van der Waals surface area contributed by atoms with Gasteiger partial charge in [-0.15, -0.1) is 0 Å². The van der Waals surface area contributed by atoms with Gasteiger partial charge in [0.25, 0.3) is 5.91 Å². The van der Waals surface area contributed by atoms with Gasteiger partial charge in [-0.3, -0.25) is 9.78 Å². The number of hydrogen-bond donors (Lipinski definition) is 2. The third-order valence-corrected chi connectivity index (χ3v) is 3.74. The molecule has 0 saturated heterocycles. The van der Waals surface area contributed by atoms with Gasteiger partial charge < -0.3 is 10.6 Å². The molecule has 2 heterocycles. The number of hydrogen-bond acceptors (Lipinski definition) is 5. The summed E-state index contributed by atoms with van der Waals surface area (Å²) in [6.45, 7) is 6.25. The van der Waals surface area contributed by atoms with Gasteiger partial charge in [-0.05, 0) is 55.7 Å². The fourth-order valence-corrected chi connectivity index (χ4v) is 2.72. The van der Waals surface area contributed by atoms with Crippen molar-refractivity contribution in [2.75, 3.05) is 5.32 Å². The molecule has 0 aliphatic rings. The molecule has 1 amide bonds. The largest absolute Gasteiger partial charge is 0.347 e. The van der Waals surface area contributed by atoms with Gasteiger partial charge in [0.2, 0.25) is 0 Å². The maximum atomic E-state index is 12.4. The van der Waals surface area contributed by atoms with Crippen LogP contribution in [0.4, 0.5) is 11.5 Å². The summed E-state index contributed by atoms with van der Waals surface area (Å²) in [5.41, 5.74) is 4.51. The Morgan fingerprint density at radius 1 is 1.04 bits per heavy atom. The summed E-state index contributed by atoms with van der Waals surface area (Å²) in [6.07, 6.45) is 3.42. The molecule has 3 rings (SSSR count). The van der Waals surface area contributed by atoms with Crippen molar-refractivity contribution in [3.8, 4) is 0 Å². The van der Waals surface area contributed by atoms with Gasteiger partial charge in [-0.25, -0.2) is 9.97 Å². The van der Waals surface area contributed by atoms with Crippen molar-refractivity contribution < 1.29 is 4.79 Å². The number of nitrogens with zero attached hydrogens (tertiary/aromatic N) is 3. The van der Waals surface area contributed by atoms with E-state index in [2.05, 4.69) is 31.7 Å². The summed E-state index contributed by atoms with van der Waals surface area (Å²) in [4.78, 5) is 25.1. The number of carbonyl (C=O) groups is 1. The Labute approximate surface area is 152 Å². The highest BCUT2D eigenvalue weighted by Gasteiger charge is 2.11. The van der Waals surface area contributed by atoms with E-state index < -0.39 is 0 Å². The molecule has 1 aromatic carbocycles. The van der Waals surface area contributed by atoms with E-state index in [1.807, 2.05) is 38.1 Å². The molecular formula is C20H21N5O. The second kappa shape index (κ2) is 7.74. The molecule has 0 unspecified atom stereocenters. The molecule has 6 heteroatoms. The molecular weight excluding hydrogens is 326 g/mol. The zero-order chi connectivity index (χ0) is 18.5. The second-order valence-electron chi connectivity index (χ2n) is 6.23. The Morgan fingerprint density at radius 2 is 1.81 bits per heavy atom. The highest BCUT2D eigenvalue weighted by Crippen LogP contribution is 2.19. The third kappa shape index (κ3) is 4.63. The first-order chi connectivity index (χ1) is 12.5. The van der Waals surface area contributed by atoms with Crippen molar-refractivity contribution in [2.45, 2.75) is 27.3 Å². The van der Waals surface area contributed by atoms with E-state index in [1.165, 1.54) is 0 Å². The fraction of sp³-hybridized carbons (Fsp3) is 0.200. The maximum Gasteiger partial charge on any atom is 0.270 e. The Kier molecular flexibility index (Phi) is 5.22. The molecule has 0 saturated carbocycles. The van der Waals surface area contributed by atoms with E-state index in [0.29, 0.717) is 23.9 Å². The van der Waals surface area contributed by atoms with Crippen LogP contribution in [0.1, 0.15) is 33.0 Å². The predicted molar refractivity (Wildman–Crippen MR) is 101 cm³/mol. The standard InChI is InChI=1S/C20H21N5O/c1-13-7-14(2)9-17(8-13)25-19-10-18(23-15(3)24-19)20(26)22-12-16-5-4-6-21-11-16/h4-11H,12H2,1-3H3,(H,22,26)(H,23,24,25). The lowest BCUT2D eigenvalue weighted by Crippen LogP contribution is -2.24. The Bertz CT molecular complexity index is 904. The average molecular weight is 347 g/mol. The van der Waals surface area contributed by atoms with Crippen LogP contribution in [-0.2, 0) is 6.54 Å². The molecule has 132 valence electrons. The van der Waals surface area contributed by atoms with Crippen LogP contribution in [0.25, 0.3) is 0 Å². The van der Waals surface area contributed by atoms with Crippen molar-refractivity contribution in [1.29, 1.82) is 0 Å². The highest BCUT2D eigenvalue weighted by molar-refractivity contribution is 5.93. The minimum Gasteiger partial charge on any atom is -0.347 e. The van der Waals surface area contributed by atoms with Crippen molar-refractivity contribution in [3.05, 3.63) is 77.0 Å². The van der Waals surface area contributed by atoms with E-state index in [0.717, 1.165) is 22.4 Å². The number of pyridine rings is 1. The van der Waals surface area contributed by atoms with Gasteiger partial charge >= 0.3 is 0 Å². The summed E-state index contributed by atoms with van der Waals surface area (Å²) >= 11 is 0. The monoisotopic (exact) mass is 347 g/mol. The van der Waals surface area contributed by atoms with E-state index >= 15 is 0 Å². The molecule has 3 aromatic rings. The molecule has 2 aromatic heterocycles. The number of amides is 1. The minimum atomic E-state index is -0.247. The van der Waals surface area contributed by atoms with Crippen LogP contribution in [0.3, 0.4) is 0 Å². The normalized spacial score (nSPS) is 10.4. The van der Waals surface area contributed by atoms with E-state index in [1.54, 1.807) is 25.4 Å². The zero-order valence-corrected chi connectivity index (χ0v) is 15.1. The van der Waals surface area contributed by atoms with Crippen LogP contribution in [0.2, 0.25) is 0 Å². The second-order valence-corrected chi connectivity index (χ2v) is 6.23. The number of benzene rings is 1. The van der Waals surface area contributed by atoms with E-state index in [-0.39, 0.29) is 5.91 Å². The number of aryl methyl sites for hydroxylation is 3. The van der Waals surface area contributed by atoms with Crippen LogP contribution >= 0.6 is 0 Å². The number of aromatic nitrogens is 3. The van der Waals surface area contributed by atoms with E-state index in [4.69, 9.17) is 0 Å². The summed E-state index contributed by atoms with van der Waals surface area (Å²) in [5.74, 6) is 0.878. The van der Waals surface area contributed by atoms with Gasteiger partial charge in [-0.1, -0.05) is 12.1 Å². The molecule has 26 heavy (non-hydrogen) atoms. The molecule has 6 nitrogen and oxygen atoms in total. The van der Waals surface area contributed by atoms with Gasteiger partial charge in [-0.2, -0.15) is 0 Å². The summed E-state index contributed by atoms with van der Waals surface area (Å²) in [7, 11) is 0. The van der Waals surface area contributed by atoms with Crippen LogP contribution in [0, 0.1) is 20.8 Å². The molecule has 0 aliphatic carbocycles. The fourth-order valence-electron chi connectivity index (χ4n) is 2.72. The average Bonchev–Trinajstić information content (AvgIpc) is 2.59. The number of carbonyl (C=O) groups excluding carboxylic acids is 1. The number of anilines is 2. The van der Waals surface area contributed by atoms with Crippen molar-refractivity contribution in [3.63, 3.8) is 0 Å². The lowest BCUT2D eigenvalue weighted by Gasteiger charge is -2.10. The third-order valence-electron chi connectivity index (χ3n) is 3.74. The molecule has 0 aliphatic heterocycles. The Balaban J connectivity index is 1.75. The van der Waals surface area contributed by atoms with Crippen LogP contribution < -0.4 is 10.6 Å². The quantitative estimate of drug-likeness (QED) is 0.739. The molecule has 2 N–H and O–H groups in total. The molecule has 0 fully saturated rings. The first-order valence-corrected chi connectivity index (χ1v) is 8.38. The topological polar surface area (TPSA) is 79.8 Å². The van der Waals surface area contributed by atoms with Gasteiger partial charge in [0, 0.05) is 30.7 Å². The summed E-state index contributed by atoms with van der Waals surface area (Å²) in [5, 5.41) is 6.11. The zero-order valence-electron chi connectivity index (χ0n) is 15.1. The number of rotatable bonds is 5. The van der Waals surface area contributed by atoms with Gasteiger partial charge in [0.05, 0.1) is 0 Å². The molecule has 0 bridgehead atoms. The SMILES string of the molecule is Cc1cc(C)cc(Nc2cc(C(=O)NCc3cccnc3)nc(C)n2)c1. The summed E-state index contributed by atoms with van der Waals surface area (Å²) < 4.78 is 0. The molecule has 0 atom stereocenters. The van der Waals surface area contributed by atoms with E-state index in [9.17, 15) is 4.79 Å². The first-order valence-electron chi connectivity index (χ1n) is 8.38. The predicted octanol–water partition coefficient (Wildman–Crippen LogP) is 3.47. The van der Waals surface area contributed by atoms with Gasteiger partial charge in [0.15, 0.2) is 0 Å². The Morgan fingerprint density at radius 3 is 2.50 bits per heavy atom.